The number of ketones is 1. The number of Topliss-reactive ketones (excluding diaryl/α,β-unsaturated/α-hetero) is 1. The van der Waals surface area contributed by atoms with Gasteiger partial charge in [-0.15, -0.1) is 11.3 Å². The summed E-state index contributed by atoms with van der Waals surface area (Å²) in [5.41, 5.74) is 3.08. The van der Waals surface area contributed by atoms with Crippen molar-refractivity contribution in [3.05, 3.63) is 45.6 Å². The number of aryl methyl sites for hydroxylation is 3. The lowest BCUT2D eigenvalue weighted by atomic mass is 10.1. The zero-order valence-corrected chi connectivity index (χ0v) is 17.1. The minimum absolute atomic E-state index is 0.225. The highest BCUT2D eigenvalue weighted by Crippen LogP contribution is 2.37. The Morgan fingerprint density at radius 3 is 2.79 bits per heavy atom. The van der Waals surface area contributed by atoms with Crippen LogP contribution in [0, 0.1) is 13.8 Å². The molecule has 3 heterocycles. The molecule has 0 atom stereocenters. The molecule has 1 aliphatic carbocycles. The van der Waals surface area contributed by atoms with Gasteiger partial charge < -0.3 is 4.74 Å². The molecule has 2 aliphatic rings. The predicted octanol–water partition coefficient (Wildman–Crippen LogP) is 4.83. The van der Waals surface area contributed by atoms with Crippen molar-refractivity contribution in [2.75, 3.05) is 13.1 Å². The number of rotatable bonds is 4. The summed E-state index contributed by atoms with van der Waals surface area (Å²) in [6.07, 6.45) is 3.88. The van der Waals surface area contributed by atoms with E-state index in [0.717, 1.165) is 59.0 Å². The van der Waals surface area contributed by atoms with Gasteiger partial charge in [0.2, 0.25) is 5.88 Å². The van der Waals surface area contributed by atoms with Gasteiger partial charge in [0.05, 0.1) is 11.9 Å². The summed E-state index contributed by atoms with van der Waals surface area (Å²) < 4.78 is 6.28. The van der Waals surface area contributed by atoms with Crippen LogP contribution in [-0.4, -0.2) is 33.7 Å². The van der Waals surface area contributed by atoms with Crippen molar-refractivity contribution in [2.24, 2.45) is 0 Å². The van der Waals surface area contributed by atoms with E-state index in [1.807, 2.05) is 18.2 Å². The fourth-order valence-electron chi connectivity index (χ4n) is 4.15. The molecule has 144 valence electrons. The van der Waals surface area contributed by atoms with Crippen LogP contribution in [0.3, 0.4) is 0 Å². The van der Waals surface area contributed by atoms with E-state index in [2.05, 4.69) is 18.7 Å². The van der Waals surface area contributed by atoms with Gasteiger partial charge in [-0.2, -0.15) is 4.98 Å². The van der Waals surface area contributed by atoms with E-state index < -0.39 is 0 Å². The number of hydrogen-bond donors (Lipinski definition) is 0. The van der Waals surface area contributed by atoms with Gasteiger partial charge in [0, 0.05) is 16.9 Å². The van der Waals surface area contributed by atoms with E-state index >= 15 is 0 Å². The molecule has 0 amide bonds. The van der Waals surface area contributed by atoms with Crippen molar-refractivity contribution in [1.29, 1.82) is 0 Å². The second kappa shape index (κ2) is 6.94. The van der Waals surface area contributed by atoms with Crippen LogP contribution in [0.4, 0.5) is 0 Å². The number of ether oxygens (including phenoxy) is 1. The molecule has 1 aliphatic heterocycles. The average molecular weight is 394 g/mol. The third-order valence-corrected chi connectivity index (χ3v) is 6.92. The largest absolute Gasteiger partial charge is 0.438 e. The van der Waals surface area contributed by atoms with Gasteiger partial charge >= 0.3 is 0 Å². The molecule has 2 aromatic heterocycles. The molecule has 5 nitrogen and oxygen atoms in total. The summed E-state index contributed by atoms with van der Waals surface area (Å²) in [5.74, 6) is 2.42. The van der Waals surface area contributed by atoms with E-state index in [1.54, 1.807) is 11.3 Å². The molecule has 1 aromatic carbocycles. The first-order valence-corrected chi connectivity index (χ1v) is 10.7. The Kier molecular flexibility index (Phi) is 4.40. The van der Waals surface area contributed by atoms with E-state index in [-0.39, 0.29) is 5.78 Å². The average Bonchev–Trinajstić information content (AvgIpc) is 3.37. The molecular formula is C22H23N3O2S. The van der Waals surface area contributed by atoms with Crippen LogP contribution in [0.1, 0.15) is 51.4 Å². The van der Waals surface area contributed by atoms with Crippen molar-refractivity contribution in [3.63, 3.8) is 0 Å². The molecule has 28 heavy (non-hydrogen) atoms. The summed E-state index contributed by atoms with van der Waals surface area (Å²) in [4.78, 5) is 26.2. The zero-order chi connectivity index (χ0) is 19.3. The molecule has 0 bridgehead atoms. The molecule has 0 saturated carbocycles. The number of nitrogens with zero attached hydrogens (tertiary/aromatic N) is 3. The Bertz CT molecular complexity index is 1080. The monoisotopic (exact) mass is 393 g/mol. The summed E-state index contributed by atoms with van der Waals surface area (Å²) in [6, 6.07) is 5.75. The van der Waals surface area contributed by atoms with Gasteiger partial charge in [-0.05, 0) is 75.5 Å². The Hall–Kier alpha value is -2.31. The van der Waals surface area contributed by atoms with Crippen molar-refractivity contribution in [1.82, 2.24) is 14.9 Å². The molecule has 0 radical (unpaired) electrons. The Labute approximate surface area is 168 Å². The summed E-state index contributed by atoms with van der Waals surface area (Å²) in [7, 11) is 0. The van der Waals surface area contributed by atoms with Crippen molar-refractivity contribution in [3.8, 4) is 11.6 Å². The molecule has 1 saturated heterocycles. The fourth-order valence-corrected chi connectivity index (χ4v) is 5.19. The highest BCUT2D eigenvalue weighted by atomic mass is 32.1. The smallest absolute Gasteiger partial charge is 0.231 e. The van der Waals surface area contributed by atoms with Crippen LogP contribution >= 0.6 is 11.3 Å². The fraction of sp³-hybridized carbons (Fsp3) is 0.409. The summed E-state index contributed by atoms with van der Waals surface area (Å²) >= 11 is 1.70. The highest BCUT2D eigenvalue weighted by Gasteiger charge is 2.22. The second-order valence-electron chi connectivity index (χ2n) is 7.74. The minimum Gasteiger partial charge on any atom is -0.438 e. The number of carbonyl (C=O) groups excluding carboxylic acids is 1. The molecule has 1 fully saturated rings. The highest BCUT2D eigenvalue weighted by molar-refractivity contribution is 7.18. The third kappa shape index (κ3) is 3.10. The predicted molar refractivity (Wildman–Crippen MR) is 111 cm³/mol. The van der Waals surface area contributed by atoms with Gasteiger partial charge in [0.1, 0.15) is 16.4 Å². The number of benzene rings is 1. The standard InChI is InChI=1S/C22H23N3O2S/c1-13-14(2)28-22-20(13)21(23-19(24-22)12-25-9-3-4-10-25)27-16-6-7-17-15(11-16)5-8-18(17)26/h6-7,11H,3-5,8-10,12H2,1-2H3. The minimum atomic E-state index is 0.225. The van der Waals surface area contributed by atoms with E-state index in [4.69, 9.17) is 14.7 Å². The molecule has 0 N–H and O–H groups in total. The number of aromatic nitrogens is 2. The summed E-state index contributed by atoms with van der Waals surface area (Å²) in [5, 5.41) is 1.00. The molecule has 0 unspecified atom stereocenters. The van der Waals surface area contributed by atoms with E-state index in [9.17, 15) is 4.79 Å². The van der Waals surface area contributed by atoms with Crippen LogP contribution in [0.2, 0.25) is 0 Å². The first-order chi connectivity index (χ1) is 13.6. The second-order valence-corrected chi connectivity index (χ2v) is 8.94. The van der Waals surface area contributed by atoms with Gasteiger partial charge in [-0.3, -0.25) is 9.69 Å². The number of carbonyl (C=O) groups is 1. The van der Waals surface area contributed by atoms with E-state index in [1.165, 1.54) is 23.3 Å². The Balaban J connectivity index is 1.54. The summed E-state index contributed by atoms with van der Waals surface area (Å²) in [6.45, 7) is 7.21. The zero-order valence-electron chi connectivity index (χ0n) is 16.2. The number of hydrogen-bond acceptors (Lipinski definition) is 6. The lowest BCUT2D eigenvalue weighted by Gasteiger charge is -2.14. The van der Waals surface area contributed by atoms with Gasteiger partial charge in [0.25, 0.3) is 0 Å². The van der Waals surface area contributed by atoms with Gasteiger partial charge in [-0.1, -0.05) is 0 Å². The topological polar surface area (TPSA) is 55.3 Å². The molecule has 3 aromatic rings. The maximum atomic E-state index is 11.9. The van der Waals surface area contributed by atoms with Crippen LogP contribution in [0.25, 0.3) is 10.2 Å². The van der Waals surface area contributed by atoms with Crippen LogP contribution in [-0.2, 0) is 13.0 Å². The quantitative estimate of drug-likeness (QED) is 0.636. The maximum Gasteiger partial charge on any atom is 0.231 e. The van der Waals surface area contributed by atoms with Gasteiger partial charge in [0.15, 0.2) is 5.78 Å². The molecular weight excluding hydrogens is 370 g/mol. The number of likely N-dealkylation sites (tertiary alicyclic amines) is 1. The third-order valence-electron chi connectivity index (χ3n) is 5.82. The van der Waals surface area contributed by atoms with Crippen LogP contribution < -0.4 is 4.74 Å². The maximum absolute atomic E-state index is 11.9. The SMILES string of the molecule is Cc1sc2nc(CN3CCCC3)nc(Oc3ccc4c(c3)CCC4=O)c2c1C. The molecule has 0 spiro atoms. The first kappa shape index (κ1) is 17.8. The van der Waals surface area contributed by atoms with Gasteiger partial charge in [-0.25, -0.2) is 4.98 Å². The Morgan fingerprint density at radius 1 is 1.14 bits per heavy atom. The Morgan fingerprint density at radius 2 is 1.96 bits per heavy atom. The number of fused-ring (bicyclic) bond motifs is 2. The normalized spacial score (nSPS) is 16.9. The lowest BCUT2D eigenvalue weighted by Crippen LogP contribution is -2.20. The van der Waals surface area contributed by atoms with Crippen molar-refractivity contribution >= 4 is 27.3 Å². The van der Waals surface area contributed by atoms with Crippen molar-refractivity contribution < 1.29 is 9.53 Å². The van der Waals surface area contributed by atoms with E-state index in [0.29, 0.717) is 12.3 Å². The van der Waals surface area contributed by atoms with Crippen molar-refractivity contribution in [2.45, 2.75) is 46.1 Å². The molecule has 5 rings (SSSR count). The first-order valence-electron chi connectivity index (χ1n) is 9.91. The number of thiophene rings is 1. The van der Waals surface area contributed by atoms with Crippen LogP contribution in [0.15, 0.2) is 18.2 Å². The van der Waals surface area contributed by atoms with Crippen LogP contribution in [0.5, 0.6) is 11.6 Å². The lowest BCUT2D eigenvalue weighted by molar-refractivity contribution is 0.0994. The molecule has 6 heteroatoms.